The Bertz CT molecular complexity index is 973. The first kappa shape index (κ1) is 18.2. The van der Waals surface area contributed by atoms with E-state index in [0.29, 0.717) is 23.3 Å². The number of H-pyrrole nitrogens is 1. The normalized spacial score (nSPS) is 15.2. The second-order valence-corrected chi connectivity index (χ2v) is 7.07. The van der Waals surface area contributed by atoms with E-state index in [2.05, 4.69) is 20.6 Å². The zero-order valence-electron chi connectivity index (χ0n) is 14.8. The van der Waals surface area contributed by atoms with Crippen LogP contribution < -0.4 is 20.1 Å². The Kier molecular flexibility index (Phi) is 5.34. The number of amides is 3. The third-order valence-electron chi connectivity index (χ3n) is 4.02. The molecule has 3 aromatic rings. The molecule has 3 amide bonds. The van der Waals surface area contributed by atoms with Gasteiger partial charge in [-0.3, -0.25) is 10.1 Å². The van der Waals surface area contributed by atoms with Crippen LogP contribution in [0, 0.1) is 0 Å². The second-order valence-electron chi connectivity index (χ2n) is 6.10. The molecule has 0 aliphatic carbocycles. The van der Waals surface area contributed by atoms with Crippen LogP contribution in [0.5, 0.6) is 11.5 Å². The van der Waals surface area contributed by atoms with Crippen LogP contribution in [-0.2, 0) is 4.79 Å². The lowest BCUT2D eigenvalue weighted by Gasteiger charge is -2.26. The van der Waals surface area contributed by atoms with E-state index >= 15 is 0 Å². The molecule has 28 heavy (non-hydrogen) atoms. The number of aromatic amines is 1. The zero-order chi connectivity index (χ0) is 19.3. The molecule has 0 radical (unpaired) electrons. The zero-order valence-corrected chi connectivity index (χ0v) is 15.6. The number of aromatic nitrogens is 2. The summed E-state index contributed by atoms with van der Waals surface area (Å²) in [7, 11) is 0. The molecule has 0 fully saturated rings. The maximum absolute atomic E-state index is 12.0. The third kappa shape index (κ3) is 4.37. The SMILES string of the molecule is O=C(CSc1nc2ccccc2[nH]1)NC(=O)NCC1COc2ccccc2O1. The van der Waals surface area contributed by atoms with Crippen molar-refractivity contribution in [2.24, 2.45) is 0 Å². The fourth-order valence-electron chi connectivity index (χ4n) is 2.71. The van der Waals surface area contributed by atoms with E-state index in [-0.39, 0.29) is 18.4 Å². The van der Waals surface area contributed by atoms with Crippen molar-refractivity contribution in [3.8, 4) is 11.5 Å². The van der Waals surface area contributed by atoms with Crippen LogP contribution in [0.4, 0.5) is 4.79 Å². The van der Waals surface area contributed by atoms with Crippen LogP contribution in [0.15, 0.2) is 53.7 Å². The molecule has 3 N–H and O–H groups in total. The topological polar surface area (TPSA) is 105 Å². The summed E-state index contributed by atoms with van der Waals surface area (Å²) in [5, 5.41) is 5.55. The average Bonchev–Trinajstić information content (AvgIpc) is 3.14. The predicted octanol–water partition coefficient (Wildman–Crippen LogP) is 2.32. The first-order chi connectivity index (χ1) is 13.7. The van der Waals surface area contributed by atoms with Gasteiger partial charge in [-0.25, -0.2) is 9.78 Å². The minimum atomic E-state index is -0.572. The van der Waals surface area contributed by atoms with Crippen molar-refractivity contribution >= 4 is 34.7 Å². The standard InChI is InChI=1S/C19H18N4O4S/c24-17(11-28-19-21-13-5-1-2-6-14(13)22-19)23-18(25)20-9-12-10-26-15-7-3-4-8-16(15)27-12/h1-8,12H,9-11H2,(H,21,22)(H2,20,23,24,25). The highest BCUT2D eigenvalue weighted by Gasteiger charge is 2.21. The number of carbonyl (C=O) groups is 2. The van der Waals surface area contributed by atoms with E-state index in [1.165, 1.54) is 11.8 Å². The number of hydrogen-bond donors (Lipinski definition) is 3. The van der Waals surface area contributed by atoms with Crippen molar-refractivity contribution in [3.05, 3.63) is 48.5 Å². The number of nitrogens with one attached hydrogen (secondary N) is 3. The van der Waals surface area contributed by atoms with Crippen molar-refractivity contribution in [2.75, 3.05) is 18.9 Å². The molecule has 2 aromatic carbocycles. The molecule has 9 heteroatoms. The van der Waals surface area contributed by atoms with Gasteiger partial charge >= 0.3 is 6.03 Å². The molecular weight excluding hydrogens is 380 g/mol. The summed E-state index contributed by atoms with van der Waals surface area (Å²) in [5.41, 5.74) is 1.74. The van der Waals surface area contributed by atoms with Crippen molar-refractivity contribution in [1.29, 1.82) is 0 Å². The molecule has 1 aliphatic heterocycles. The second kappa shape index (κ2) is 8.22. The summed E-state index contributed by atoms with van der Waals surface area (Å²) in [6, 6.07) is 14.4. The Morgan fingerprint density at radius 1 is 1.14 bits per heavy atom. The molecule has 1 aliphatic rings. The van der Waals surface area contributed by atoms with Gasteiger partial charge in [0.15, 0.2) is 22.8 Å². The van der Waals surface area contributed by atoms with Gasteiger partial charge in [0.25, 0.3) is 0 Å². The summed E-state index contributed by atoms with van der Waals surface area (Å²) in [4.78, 5) is 31.4. The fraction of sp³-hybridized carbons (Fsp3) is 0.211. The number of thioether (sulfide) groups is 1. The predicted molar refractivity (Wildman–Crippen MR) is 105 cm³/mol. The molecule has 0 spiro atoms. The van der Waals surface area contributed by atoms with Crippen LogP contribution in [-0.4, -0.2) is 46.9 Å². The molecule has 0 saturated carbocycles. The monoisotopic (exact) mass is 398 g/mol. The van der Waals surface area contributed by atoms with Gasteiger partial charge in [-0.05, 0) is 24.3 Å². The molecule has 1 atom stereocenters. The maximum atomic E-state index is 12.0. The number of rotatable bonds is 5. The van der Waals surface area contributed by atoms with E-state index in [1.807, 2.05) is 42.5 Å². The number of nitrogens with zero attached hydrogens (tertiary/aromatic N) is 1. The lowest BCUT2D eigenvalue weighted by atomic mass is 10.2. The third-order valence-corrected chi connectivity index (χ3v) is 4.89. The number of hydrogen-bond acceptors (Lipinski definition) is 6. The van der Waals surface area contributed by atoms with Crippen molar-refractivity contribution in [3.63, 3.8) is 0 Å². The van der Waals surface area contributed by atoms with Gasteiger partial charge in [-0.15, -0.1) is 0 Å². The van der Waals surface area contributed by atoms with Crippen molar-refractivity contribution < 1.29 is 19.1 Å². The number of urea groups is 1. The molecular formula is C19H18N4O4S. The number of benzene rings is 2. The first-order valence-electron chi connectivity index (χ1n) is 8.71. The molecule has 144 valence electrons. The van der Waals surface area contributed by atoms with Crippen LogP contribution in [0.3, 0.4) is 0 Å². The number of para-hydroxylation sites is 4. The fourth-order valence-corrected chi connectivity index (χ4v) is 3.39. The maximum Gasteiger partial charge on any atom is 0.321 e. The summed E-state index contributed by atoms with van der Waals surface area (Å²) >= 11 is 1.23. The Hall–Kier alpha value is -3.20. The van der Waals surface area contributed by atoms with Crippen molar-refractivity contribution in [1.82, 2.24) is 20.6 Å². The van der Waals surface area contributed by atoms with E-state index in [9.17, 15) is 9.59 Å². The van der Waals surface area contributed by atoms with Gasteiger partial charge in [-0.2, -0.15) is 0 Å². The molecule has 8 nitrogen and oxygen atoms in total. The van der Waals surface area contributed by atoms with Crippen LogP contribution >= 0.6 is 11.8 Å². The van der Waals surface area contributed by atoms with Crippen LogP contribution in [0.2, 0.25) is 0 Å². The quantitative estimate of drug-likeness (QED) is 0.570. The van der Waals surface area contributed by atoms with Gasteiger partial charge in [0, 0.05) is 0 Å². The highest BCUT2D eigenvalue weighted by molar-refractivity contribution is 7.99. The Balaban J connectivity index is 1.20. The first-order valence-corrected chi connectivity index (χ1v) is 9.69. The van der Waals surface area contributed by atoms with E-state index in [0.717, 1.165) is 11.0 Å². The molecule has 0 bridgehead atoms. The van der Waals surface area contributed by atoms with Crippen LogP contribution in [0.1, 0.15) is 0 Å². The minimum absolute atomic E-state index is 0.0731. The lowest BCUT2D eigenvalue weighted by Crippen LogP contribution is -2.46. The largest absolute Gasteiger partial charge is 0.486 e. The highest BCUT2D eigenvalue weighted by atomic mass is 32.2. The van der Waals surface area contributed by atoms with Gasteiger partial charge < -0.3 is 19.8 Å². The molecule has 0 saturated heterocycles. The molecule has 1 unspecified atom stereocenters. The molecule has 4 rings (SSSR count). The number of imide groups is 1. The summed E-state index contributed by atoms with van der Waals surface area (Å²) in [6.45, 7) is 0.553. The number of fused-ring (bicyclic) bond motifs is 2. The minimum Gasteiger partial charge on any atom is -0.486 e. The summed E-state index contributed by atoms with van der Waals surface area (Å²) in [6.07, 6.45) is -0.319. The lowest BCUT2D eigenvalue weighted by molar-refractivity contribution is -0.117. The smallest absolute Gasteiger partial charge is 0.321 e. The van der Waals surface area contributed by atoms with Crippen molar-refractivity contribution in [2.45, 2.75) is 11.3 Å². The van der Waals surface area contributed by atoms with Gasteiger partial charge in [0.2, 0.25) is 5.91 Å². The van der Waals surface area contributed by atoms with E-state index in [1.54, 1.807) is 6.07 Å². The number of ether oxygens (including phenoxy) is 2. The molecule has 2 heterocycles. The van der Waals surface area contributed by atoms with Gasteiger partial charge in [0.1, 0.15) is 6.61 Å². The number of imidazole rings is 1. The Morgan fingerprint density at radius 3 is 2.79 bits per heavy atom. The van der Waals surface area contributed by atoms with E-state index in [4.69, 9.17) is 9.47 Å². The highest BCUT2D eigenvalue weighted by Crippen LogP contribution is 2.30. The van der Waals surface area contributed by atoms with Crippen LogP contribution in [0.25, 0.3) is 11.0 Å². The average molecular weight is 398 g/mol. The van der Waals surface area contributed by atoms with E-state index < -0.39 is 11.9 Å². The van der Waals surface area contributed by atoms with Gasteiger partial charge in [0.05, 0.1) is 23.3 Å². The molecule has 1 aromatic heterocycles. The summed E-state index contributed by atoms with van der Waals surface area (Å²) in [5.74, 6) is 0.985. The number of carbonyl (C=O) groups excluding carboxylic acids is 2. The summed E-state index contributed by atoms with van der Waals surface area (Å²) < 4.78 is 11.3. The Morgan fingerprint density at radius 2 is 1.93 bits per heavy atom. The van der Waals surface area contributed by atoms with Gasteiger partial charge in [-0.1, -0.05) is 36.0 Å². The Labute approximate surface area is 165 Å².